The number of hydrogen-bond acceptors (Lipinski definition) is 2. The first-order chi connectivity index (χ1) is 9.10. The number of carbonyl (C=O) groups is 1. The fourth-order valence-corrected chi connectivity index (χ4v) is 1.95. The van der Waals surface area contributed by atoms with Gasteiger partial charge in [-0.05, 0) is 25.0 Å². The van der Waals surface area contributed by atoms with Crippen molar-refractivity contribution in [3.8, 4) is 5.75 Å². The molecule has 0 saturated carbocycles. The third-order valence-corrected chi connectivity index (χ3v) is 3.24. The molecule has 0 fully saturated rings. The van der Waals surface area contributed by atoms with Gasteiger partial charge in [0.1, 0.15) is 5.75 Å². The van der Waals surface area contributed by atoms with Crippen LogP contribution in [0.2, 0.25) is 0 Å². The highest BCUT2D eigenvalue weighted by Crippen LogP contribution is 2.25. The van der Waals surface area contributed by atoms with Gasteiger partial charge >= 0.3 is 0 Å². The maximum atomic E-state index is 11.8. The number of rotatable bonds is 7. The summed E-state index contributed by atoms with van der Waals surface area (Å²) in [5.74, 6) is 0.957. The van der Waals surface area contributed by atoms with Gasteiger partial charge in [0.2, 0.25) is 5.91 Å². The van der Waals surface area contributed by atoms with E-state index in [1.807, 2.05) is 39.1 Å². The van der Waals surface area contributed by atoms with E-state index in [0.29, 0.717) is 6.42 Å². The van der Waals surface area contributed by atoms with Crippen LogP contribution in [0.5, 0.6) is 5.75 Å². The highest BCUT2D eigenvalue weighted by Gasteiger charge is 2.12. The molecule has 0 bridgehead atoms. The number of carbonyl (C=O) groups excluding carboxylic acids is 1. The predicted molar refractivity (Wildman–Crippen MR) is 79.9 cm³/mol. The summed E-state index contributed by atoms with van der Waals surface area (Å²) in [7, 11) is 1.81. The van der Waals surface area contributed by atoms with E-state index < -0.39 is 0 Å². The molecule has 1 rings (SSSR count). The molecule has 0 atom stereocenters. The SMILES string of the molecule is CCCCCOc1ccc(C)c(N(C)C(=O)CC)c1. The van der Waals surface area contributed by atoms with E-state index in [-0.39, 0.29) is 5.91 Å². The minimum Gasteiger partial charge on any atom is -0.494 e. The number of nitrogens with zero attached hydrogens (tertiary/aromatic N) is 1. The molecule has 0 saturated heterocycles. The summed E-state index contributed by atoms with van der Waals surface area (Å²) >= 11 is 0. The summed E-state index contributed by atoms with van der Waals surface area (Å²) in [6, 6.07) is 5.92. The molecule has 0 aliphatic rings. The fourth-order valence-electron chi connectivity index (χ4n) is 1.95. The van der Waals surface area contributed by atoms with Crippen LogP contribution in [0.25, 0.3) is 0 Å². The Morgan fingerprint density at radius 3 is 2.63 bits per heavy atom. The predicted octanol–water partition coefficient (Wildman–Crippen LogP) is 3.94. The second kappa shape index (κ2) is 7.82. The normalized spacial score (nSPS) is 10.3. The maximum absolute atomic E-state index is 11.8. The molecule has 0 N–H and O–H groups in total. The quantitative estimate of drug-likeness (QED) is 0.697. The fraction of sp³-hybridized carbons (Fsp3) is 0.562. The van der Waals surface area contributed by atoms with Crippen LogP contribution in [0.15, 0.2) is 18.2 Å². The lowest BCUT2D eigenvalue weighted by molar-refractivity contribution is -0.118. The van der Waals surface area contributed by atoms with Crippen LogP contribution in [-0.2, 0) is 4.79 Å². The average Bonchev–Trinajstić information content (AvgIpc) is 2.43. The van der Waals surface area contributed by atoms with Crippen molar-refractivity contribution in [2.45, 2.75) is 46.5 Å². The Bertz CT molecular complexity index is 415. The van der Waals surface area contributed by atoms with Gasteiger partial charge in [0.05, 0.1) is 6.61 Å². The number of amides is 1. The molecule has 106 valence electrons. The van der Waals surface area contributed by atoms with Crippen molar-refractivity contribution < 1.29 is 9.53 Å². The molecule has 0 heterocycles. The Kier molecular flexibility index (Phi) is 6.40. The standard InChI is InChI=1S/C16H25NO2/c1-5-7-8-11-19-14-10-9-13(3)15(12-14)17(4)16(18)6-2/h9-10,12H,5-8,11H2,1-4H3. The number of anilines is 1. The summed E-state index contributed by atoms with van der Waals surface area (Å²) in [6.45, 7) is 6.80. The van der Waals surface area contributed by atoms with E-state index in [1.165, 1.54) is 12.8 Å². The van der Waals surface area contributed by atoms with Crippen LogP contribution in [0.3, 0.4) is 0 Å². The van der Waals surface area contributed by atoms with E-state index in [0.717, 1.165) is 30.0 Å². The largest absolute Gasteiger partial charge is 0.494 e. The van der Waals surface area contributed by atoms with E-state index in [2.05, 4.69) is 6.92 Å². The lowest BCUT2D eigenvalue weighted by atomic mass is 10.1. The van der Waals surface area contributed by atoms with E-state index >= 15 is 0 Å². The Balaban J connectivity index is 2.73. The second-order valence-corrected chi connectivity index (χ2v) is 4.81. The lowest BCUT2D eigenvalue weighted by Gasteiger charge is -2.20. The summed E-state index contributed by atoms with van der Waals surface area (Å²) < 4.78 is 5.73. The van der Waals surface area contributed by atoms with Crippen molar-refractivity contribution in [2.75, 3.05) is 18.6 Å². The van der Waals surface area contributed by atoms with Crippen molar-refractivity contribution in [2.24, 2.45) is 0 Å². The van der Waals surface area contributed by atoms with Gasteiger partial charge in [-0.1, -0.05) is 32.8 Å². The van der Waals surface area contributed by atoms with Gasteiger partial charge in [-0.25, -0.2) is 0 Å². The summed E-state index contributed by atoms with van der Waals surface area (Å²) in [5, 5.41) is 0. The monoisotopic (exact) mass is 263 g/mol. The van der Waals surface area contributed by atoms with E-state index in [1.54, 1.807) is 4.90 Å². The zero-order valence-corrected chi connectivity index (χ0v) is 12.5. The molecule has 1 aromatic rings. The average molecular weight is 263 g/mol. The first-order valence-electron chi connectivity index (χ1n) is 7.10. The van der Waals surface area contributed by atoms with Gasteiger partial charge in [0.15, 0.2) is 0 Å². The topological polar surface area (TPSA) is 29.5 Å². The highest BCUT2D eigenvalue weighted by molar-refractivity contribution is 5.93. The molecule has 0 aliphatic carbocycles. The highest BCUT2D eigenvalue weighted by atomic mass is 16.5. The molecule has 19 heavy (non-hydrogen) atoms. The van der Waals surface area contributed by atoms with Crippen molar-refractivity contribution in [1.82, 2.24) is 0 Å². The third-order valence-electron chi connectivity index (χ3n) is 3.24. The summed E-state index contributed by atoms with van der Waals surface area (Å²) in [5.41, 5.74) is 2.02. The van der Waals surface area contributed by atoms with Crippen LogP contribution in [0, 0.1) is 6.92 Å². The molecule has 1 aromatic carbocycles. The molecule has 1 amide bonds. The van der Waals surface area contributed by atoms with Gasteiger partial charge < -0.3 is 9.64 Å². The molecule has 0 spiro atoms. The molecule has 3 heteroatoms. The number of aryl methyl sites for hydroxylation is 1. The Hall–Kier alpha value is -1.51. The molecular formula is C16H25NO2. The van der Waals surface area contributed by atoms with Gasteiger partial charge in [0.25, 0.3) is 0 Å². The van der Waals surface area contributed by atoms with Crippen LogP contribution < -0.4 is 9.64 Å². The second-order valence-electron chi connectivity index (χ2n) is 4.81. The summed E-state index contributed by atoms with van der Waals surface area (Å²) in [6.07, 6.45) is 3.96. The molecule has 3 nitrogen and oxygen atoms in total. The molecule has 0 unspecified atom stereocenters. The first kappa shape index (κ1) is 15.5. The number of benzene rings is 1. The van der Waals surface area contributed by atoms with E-state index in [4.69, 9.17) is 4.74 Å². The molecular weight excluding hydrogens is 238 g/mol. The van der Waals surface area contributed by atoms with Gasteiger partial charge in [-0.15, -0.1) is 0 Å². The number of ether oxygens (including phenoxy) is 1. The summed E-state index contributed by atoms with van der Waals surface area (Å²) in [4.78, 5) is 13.5. The van der Waals surface area contributed by atoms with Crippen molar-refractivity contribution in [3.63, 3.8) is 0 Å². The van der Waals surface area contributed by atoms with Gasteiger partial charge in [-0.3, -0.25) is 4.79 Å². The number of hydrogen-bond donors (Lipinski definition) is 0. The maximum Gasteiger partial charge on any atom is 0.226 e. The molecule has 0 radical (unpaired) electrons. The van der Waals surface area contributed by atoms with Crippen LogP contribution >= 0.6 is 0 Å². The van der Waals surface area contributed by atoms with Crippen molar-refractivity contribution in [3.05, 3.63) is 23.8 Å². The minimum atomic E-state index is 0.117. The van der Waals surface area contributed by atoms with Crippen LogP contribution in [0.1, 0.15) is 45.1 Å². The Morgan fingerprint density at radius 1 is 1.26 bits per heavy atom. The molecule has 0 aliphatic heterocycles. The van der Waals surface area contributed by atoms with Crippen LogP contribution in [-0.4, -0.2) is 19.6 Å². The molecule has 0 aromatic heterocycles. The smallest absolute Gasteiger partial charge is 0.226 e. The van der Waals surface area contributed by atoms with E-state index in [9.17, 15) is 4.79 Å². The third kappa shape index (κ3) is 4.58. The lowest BCUT2D eigenvalue weighted by Crippen LogP contribution is -2.25. The Morgan fingerprint density at radius 2 is 2.00 bits per heavy atom. The zero-order valence-electron chi connectivity index (χ0n) is 12.5. The number of unbranched alkanes of at least 4 members (excludes halogenated alkanes) is 2. The minimum absolute atomic E-state index is 0.117. The van der Waals surface area contributed by atoms with Crippen molar-refractivity contribution in [1.29, 1.82) is 0 Å². The Labute approximate surface area is 116 Å². The van der Waals surface area contributed by atoms with Crippen molar-refractivity contribution >= 4 is 11.6 Å². The zero-order chi connectivity index (χ0) is 14.3. The van der Waals surface area contributed by atoms with Gasteiger partial charge in [0, 0.05) is 25.2 Å². The van der Waals surface area contributed by atoms with Crippen LogP contribution in [0.4, 0.5) is 5.69 Å². The van der Waals surface area contributed by atoms with Gasteiger partial charge in [-0.2, -0.15) is 0 Å². The first-order valence-corrected chi connectivity index (χ1v) is 7.10.